The molecule has 0 spiro atoms. The van der Waals surface area contributed by atoms with Crippen molar-refractivity contribution < 1.29 is 52.7 Å². The molecule has 1 aromatic carbocycles. The first-order valence-corrected chi connectivity index (χ1v) is 13.4. The largest absolute Gasteiger partial charge is 0.513 e. The van der Waals surface area contributed by atoms with E-state index in [1.807, 2.05) is 34.6 Å². The van der Waals surface area contributed by atoms with E-state index in [1.165, 1.54) is 25.1 Å². The summed E-state index contributed by atoms with van der Waals surface area (Å²) in [7, 11) is 0. The lowest BCUT2D eigenvalue weighted by Gasteiger charge is -2.28. The van der Waals surface area contributed by atoms with Crippen molar-refractivity contribution >= 4 is 24.4 Å². The van der Waals surface area contributed by atoms with E-state index < -0.39 is 36.1 Å². The van der Waals surface area contributed by atoms with E-state index in [-0.39, 0.29) is 56.0 Å². The van der Waals surface area contributed by atoms with E-state index >= 15 is 0 Å². The average Bonchev–Trinajstić information content (AvgIpc) is 2.85. The van der Waals surface area contributed by atoms with Crippen LogP contribution < -0.4 is 15.2 Å². The first-order chi connectivity index (χ1) is 18.7. The molecular weight excluding hydrogens is 526 g/mol. The maximum Gasteiger partial charge on any atom is 0.513 e. The van der Waals surface area contributed by atoms with Gasteiger partial charge in [-0.25, -0.2) is 14.4 Å². The van der Waals surface area contributed by atoms with Crippen molar-refractivity contribution in [2.75, 3.05) is 19.8 Å². The molecule has 0 amide bonds. The van der Waals surface area contributed by atoms with Gasteiger partial charge in [-0.2, -0.15) is 0 Å². The third-order valence-corrected chi connectivity index (χ3v) is 5.33. The zero-order valence-corrected chi connectivity index (χ0v) is 24.2. The molecule has 12 nitrogen and oxygen atoms in total. The van der Waals surface area contributed by atoms with Crippen LogP contribution in [0.2, 0.25) is 0 Å². The van der Waals surface area contributed by atoms with Gasteiger partial charge in [0.15, 0.2) is 11.5 Å². The highest BCUT2D eigenvalue weighted by Crippen LogP contribution is 2.31. The second-order valence-electron chi connectivity index (χ2n) is 10.5. The Labute approximate surface area is 235 Å². The fourth-order valence-electron chi connectivity index (χ4n) is 3.39. The van der Waals surface area contributed by atoms with Gasteiger partial charge in [0.2, 0.25) is 0 Å². The van der Waals surface area contributed by atoms with Gasteiger partial charge < -0.3 is 39.3 Å². The summed E-state index contributed by atoms with van der Waals surface area (Å²) in [5.41, 5.74) is 4.71. The van der Waals surface area contributed by atoms with E-state index in [0.717, 1.165) is 12.8 Å². The Bertz CT molecular complexity index is 979. The molecule has 1 unspecified atom stereocenters. The molecular formula is C28H43NO11. The number of unbranched alkanes of at least 4 members (excludes halogenated alkanes) is 2. The monoisotopic (exact) mass is 569 g/mol. The Morgan fingerprint density at radius 2 is 1.43 bits per heavy atom. The molecule has 40 heavy (non-hydrogen) atoms. The molecule has 0 bridgehead atoms. The maximum atomic E-state index is 12.2. The smallest absolute Gasteiger partial charge is 0.480 e. The maximum absolute atomic E-state index is 12.2. The number of ether oxygens (including phenoxy) is 6. The van der Waals surface area contributed by atoms with Crippen molar-refractivity contribution in [3.8, 4) is 11.5 Å². The molecule has 0 aliphatic carbocycles. The highest BCUT2D eigenvalue weighted by atomic mass is 16.7. The van der Waals surface area contributed by atoms with Crippen molar-refractivity contribution in [1.82, 2.24) is 0 Å². The predicted octanol–water partition coefficient (Wildman–Crippen LogP) is 5.48. The Hall–Kier alpha value is -3.54. The summed E-state index contributed by atoms with van der Waals surface area (Å²) >= 11 is 0. The molecule has 0 aromatic heterocycles. The van der Waals surface area contributed by atoms with E-state index in [9.17, 15) is 24.3 Å². The van der Waals surface area contributed by atoms with Gasteiger partial charge in [0, 0.05) is 12.8 Å². The SMILES string of the molecule is CCCCCOC(=O)O[C@@H](C)CC(N)(Cc1ccc(OC(=O)OCC(C)C)c(OC(=O)OCC(C)C)c1)C(=O)O. The van der Waals surface area contributed by atoms with Gasteiger partial charge in [-0.1, -0.05) is 53.5 Å². The normalized spacial score (nSPS) is 13.2. The Morgan fingerprint density at radius 3 is 1.95 bits per heavy atom. The van der Waals surface area contributed by atoms with Gasteiger partial charge in [-0.05, 0) is 42.9 Å². The quantitative estimate of drug-likeness (QED) is 0.111. The summed E-state index contributed by atoms with van der Waals surface area (Å²) in [6.45, 7) is 11.3. The highest BCUT2D eigenvalue weighted by molar-refractivity contribution is 5.79. The molecule has 1 rings (SSSR count). The lowest BCUT2D eigenvalue weighted by atomic mass is 9.86. The number of hydrogen-bond acceptors (Lipinski definition) is 11. The van der Waals surface area contributed by atoms with Crippen LogP contribution in [-0.4, -0.2) is 61.0 Å². The van der Waals surface area contributed by atoms with Gasteiger partial charge in [0.05, 0.1) is 19.8 Å². The van der Waals surface area contributed by atoms with Crippen LogP contribution >= 0.6 is 0 Å². The van der Waals surface area contributed by atoms with Crippen LogP contribution in [0.3, 0.4) is 0 Å². The third-order valence-electron chi connectivity index (χ3n) is 5.33. The molecule has 226 valence electrons. The van der Waals surface area contributed by atoms with Gasteiger partial charge in [-0.3, -0.25) is 4.79 Å². The number of carboxylic acids is 1. The van der Waals surface area contributed by atoms with Crippen LogP contribution in [0.1, 0.15) is 72.8 Å². The summed E-state index contributed by atoms with van der Waals surface area (Å²) < 4.78 is 30.7. The number of carbonyl (C=O) groups is 4. The number of hydrogen-bond donors (Lipinski definition) is 2. The minimum Gasteiger partial charge on any atom is -0.480 e. The number of nitrogens with two attached hydrogens (primary N) is 1. The molecule has 0 fully saturated rings. The minimum atomic E-state index is -1.87. The van der Waals surface area contributed by atoms with Crippen LogP contribution in [0.4, 0.5) is 14.4 Å². The van der Waals surface area contributed by atoms with Crippen LogP contribution in [0.5, 0.6) is 11.5 Å². The van der Waals surface area contributed by atoms with Crippen molar-refractivity contribution in [1.29, 1.82) is 0 Å². The van der Waals surface area contributed by atoms with Gasteiger partial charge in [0.25, 0.3) is 0 Å². The van der Waals surface area contributed by atoms with E-state index in [1.54, 1.807) is 0 Å². The van der Waals surface area contributed by atoms with Gasteiger partial charge in [0.1, 0.15) is 11.6 Å². The topological polar surface area (TPSA) is 170 Å². The lowest BCUT2D eigenvalue weighted by molar-refractivity contribution is -0.144. The predicted molar refractivity (Wildman–Crippen MR) is 144 cm³/mol. The summed E-state index contributed by atoms with van der Waals surface area (Å²) in [5.74, 6) is -1.55. The summed E-state index contributed by atoms with van der Waals surface area (Å²) in [4.78, 5) is 48.4. The molecule has 12 heteroatoms. The molecule has 0 aliphatic heterocycles. The molecule has 1 aromatic rings. The molecule has 0 aliphatic rings. The van der Waals surface area contributed by atoms with Crippen LogP contribution in [-0.2, 0) is 30.2 Å². The molecule has 3 N–H and O–H groups in total. The van der Waals surface area contributed by atoms with Crippen molar-refractivity contribution in [2.24, 2.45) is 17.6 Å². The van der Waals surface area contributed by atoms with Gasteiger partial charge >= 0.3 is 24.4 Å². The number of aliphatic carboxylic acids is 1. The molecule has 0 saturated heterocycles. The standard InChI is InChI=1S/C28H43NO11/c1-7-8-9-12-35-25(32)38-20(6)14-28(29,24(30)31)15-21-10-11-22(39-26(33)36-16-18(2)3)23(13-21)40-27(34)37-17-19(4)5/h10-11,13,18-20H,7-9,12,14-17,29H2,1-6H3,(H,30,31)/t20-,28?/m0/s1. The number of benzene rings is 1. The zero-order chi connectivity index (χ0) is 30.3. The fraction of sp³-hybridized carbons (Fsp3) is 0.643. The zero-order valence-electron chi connectivity index (χ0n) is 24.2. The van der Waals surface area contributed by atoms with Crippen LogP contribution in [0.25, 0.3) is 0 Å². The van der Waals surface area contributed by atoms with Crippen molar-refractivity contribution in [3.63, 3.8) is 0 Å². The molecule has 0 heterocycles. The number of carbonyl (C=O) groups excluding carboxylic acids is 3. The molecule has 0 radical (unpaired) electrons. The van der Waals surface area contributed by atoms with E-state index in [4.69, 9.17) is 34.2 Å². The number of rotatable bonds is 16. The molecule has 2 atom stereocenters. The van der Waals surface area contributed by atoms with Gasteiger partial charge in [-0.15, -0.1) is 0 Å². The first-order valence-electron chi connectivity index (χ1n) is 13.4. The highest BCUT2D eigenvalue weighted by Gasteiger charge is 2.37. The Morgan fingerprint density at radius 1 is 0.850 bits per heavy atom. The number of carboxylic acid groups (broad SMARTS) is 1. The summed E-state index contributed by atoms with van der Waals surface area (Å²) in [6, 6.07) is 4.11. The second-order valence-corrected chi connectivity index (χ2v) is 10.5. The van der Waals surface area contributed by atoms with Crippen LogP contribution in [0.15, 0.2) is 18.2 Å². The lowest BCUT2D eigenvalue weighted by Crippen LogP contribution is -2.52. The third kappa shape index (κ3) is 13.5. The minimum absolute atomic E-state index is 0.0480. The Balaban J connectivity index is 3.07. The summed E-state index contributed by atoms with van der Waals surface area (Å²) in [5, 5.41) is 9.90. The average molecular weight is 570 g/mol. The van der Waals surface area contributed by atoms with E-state index in [0.29, 0.717) is 12.0 Å². The van der Waals surface area contributed by atoms with Crippen LogP contribution in [0, 0.1) is 11.8 Å². The van der Waals surface area contributed by atoms with Crippen molar-refractivity contribution in [2.45, 2.75) is 85.3 Å². The fourth-order valence-corrected chi connectivity index (χ4v) is 3.39. The summed E-state index contributed by atoms with van der Waals surface area (Å²) in [6.07, 6.45) is -1.74. The molecule has 0 saturated carbocycles. The Kier molecular flexibility index (Phi) is 14.8. The van der Waals surface area contributed by atoms with Crippen molar-refractivity contribution in [3.05, 3.63) is 23.8 Å². The first kappa shape index (κ1) is 34.5. The second kappa shape index (κ2) is 17.2. The van der Waals surface area contributed by atoms with E-state index in [2.05, 4.69) is 0 Å².